The first-order valence-electron chi connectivity index (χ1n) is 20.1. The Hall–Kier alpha value is -3.85. The molecule has 2 aliphatic heterocycles. The fraction of sp³-hybridized carbons (Fsp3) is 0.595. The number of nitroso groups, excluding NO2 is 1. The molecular formula is C42H52F4N4O6. The predicted octanol–water partition coefficient (Wildman–Crippen LogP) is 7.66. The van der Waals surface area contributed by atoms with Crippen LogP contribution < -0.4 is 14.4 Å². The van der Waals surface area contributed by atoms with Gasteiger partial charge in [0.2, 0.25) is 0 Å². The lowest BCUT2D eigenvalue weighted by molar-refractivity contribution is -0.144. The minimum Gasteiger partial charge on any atom is -0.494 e. The van der Waals surface area contributed by atoms with E-state index >= 15 is 4.39 Å². The second-order valence-corrected chi connectivity index (χ2v) is 15.8. The number of aliphatic hydroxyl groups excluding tert-OH is 2. The first-order valence-corrected chi connectivity index (χ1v) is 20.1. The number of hydrogen-bond donors (Lipinski definition) is 2. The zero-order valence-corrected chi connectivity index (χ0v) is 31.6. The minimum atomic E-state index is -4.53. The predicted molar refractivity (Wildman–Crippen MR) is 203 cm³/mol. The van der Waals surface area contributed by atoms with E-state index in [4.69, 9.17) is 14.2 Å². The summed E-state index contributed by atoms with van der Waals surface area (Å²) in [5.41, 5.74) is 2.62. The molecule has 0 amide bonds. The van der Waals surface area contributed by atoms with E-state index in [0.29, 0.717) is 31.1 Å². The normalized spacial score (nSPS) is 27.6. The number of piperazine rings is 1. The van der Waals surface area contributed by atoms with Crippen molar-refractivity contribution in [3.8, 4) is 11.5 Å². The number of ether oxygens (including phenoxy) is 3. The fourth-order valence-corrected chi connectivity index (χ4v) is 9.61. The van der Waals surface area contributed by atoms with Gasteiger partial charge in [0, 0.05) is 45.4 Å². The average molecular weight is 785 g/mol. The molecule has 2 aromatic carbocycles. The van der Waals surface area contributed by atoms with Crippen molar-refractivity contribution >= 4 is 11.5 Å². The lowest BCUT2D eigenvalue weighted by Crippen LogP contribution is -2.47. The molecule has 5 aliphatic rings. The van der Waals surface area contributed by atoms with Crippen LogP contribution in [0.25, 0.3) is 0 Å². The van der Waals surface area contributed by atoms with E-state index in [0.717, 1.165) is 86.8 Å². The Labute approximate surface area is 325 Å². The molecule has 56 heavy (non-hydrogen) atoms. The van der Waals surface area contributed by atoms with E-state index in [1.165, 1.54) is 56.6 Å². The van der Waals surface area contributed by atoms with Crippen LogP contribution in [-0.4, -0.2) is 91.0 Å². The van der Waals surface area contributed by atoms with Gasteiger partial charge in [-0.15, -0.1) is 4.91 Å². The molecule has 3 heterocycles. The van der Waals surface area contributed by atoms with Crippen LogP contribution >= 0.6 is 0 Å². The third-order valence-electron chi connectivity index (χ3n) is 12.5. The average Bonchev–Trinajstić information content (AvgIpc) is 3.70. The van der Waals surface area contributed by atoms with Crippen molar-refractivity contribution in [1.29, 1.82) is 0 Å². The number of aromatic nitrogens is 1. The summed E-state index contributed by atoms with van der Waals surface area (Å²) in [5.74, 6) is 4.31. The van der Waals surface area contributed by atoms with Crippen LogP contribution in [0.1, 0.15) is 74.1 Å². The molecule has 304 valence electrons. The summed E-state index contributed by atoms with van der Waals surface area (Å²) in [6, 6.07) is 14.8. The highest BCUT2D eigenvalue weighted by Crippen LogP contribution is 2.55. The van der Waals surface area contributed by atoms with Crippen LogP contribution in [0.2, 0.25) is 0 Å². The van der Waals surface area contributed by atoms with Crippen LogP contribution in [0.4, 0.5) is 29.1 Å². The number of aryl methyl sites for hydroxylation is 1. The van der Waals surface area contributed by atoms with Gasteiger partial charge in [0.25, 0.3) is 0 Å². The van der Waals surface area contributed by atoms with Crippen molar-refractivity contribution < 1.29 is 42.0 Å². The van der Waals surface area contributed by atoms with Gasteiger partial charge >= 0.3 is 6.18 Å². The molecule has 3 aliphatic carbocycles. The quantitative estimate of drug-likeness (QED) is 0.122. The number of rotatable bonds is 10. The molecule has 0 radical (unpaired) electrons. The molecule has 7 unspecified atom stereocenters. The SMILES string of the molecule is O=Nc1cccc(C(F)(F)F)n1.OC1CCOC(COc2ccc(N3CCN(CCCOc4ccc5c(c4)CCC4C5CCC5CCCC54)CC3)c(F)c2)C1O. The molecule has 10 nitrogen and oxygen atoms in total. The number of fused-ring (bicyclic) bond motifs is 5. The smallest absolute Gasteiger partial charge is 0.433 e. The number of aliphatic hydroxyl groups is 2. The van der Waals surface area contributed by atoms with E-state index in [1.807, 2.05) is 0 Å². The Balaban J connectivity index is 0.000000344. The molecule has 1 aromatic heterocycles. The van der Waals surface area contributed by atoms with Crippen molar-refractivity contribution in [2.45, 2.75) is 88.2 Å². The maximum absolute atomic E-state index is 15.0. The number of alkyl halides is 3. The number of anilines is 1. The Kier molecular flexibility index (Phi) is 13.1. The number of pyridine rings is 1. The van der Waals surface area contributed by atoms with Crippen molar-refractivity contribution in [2.75, 3.05) is 57.4 Å². The topological polar surface area (TPSA) is 117 Å². The highest BCUT2D eigenvalue weighted by Gasteiger charge is 2.44. The van der Waals surface area contributed by atoms with Crippen molar-refractivity contribution in [3.63, 3.8) is 0 Å². The third kappa shape index (κ3) is 9.63. The van der Waals surface area contributed by atoms with Crippen LogP contribution in [0, 0.1) is 28.5 Å². The second kappa shape index (κ2) is 18.2. The van der Waals surface area contributed by atoms with E-state index in [2.05, 4.69) is 38.2 Å². The van der Waals surface area contributed by atoms with E-state index in [9.17, 15) is 28.3 Å². The summed E-state index contributed by atoms with van der Waals surface area (Å²) in [7, 11) is 0. The first-order chi connectivity index (χ1) is 27.1. The maximum atomic E-state index is 15.0. The van der Waals surface area contributed by atoms with Crippen LogP contribution in [0.15, 0.2) is 59.8 Å². The molecule has 2 N–H and O–H groups in total. The molecule has 14 heteroatoms. The van der Waals surface area contributed by atoms with Crippen molar-refractivity contribution in [1.82, 2.24) is 9.88 Å². The largest absolute Gasteiger partial charge is 0.494 e. The van der Waals surface area contributed by atoms with Gasteiger partial charge in [-0.1, -0.05) is 25.0 Å². The third-order valence-corrected chi connectivity index (χ3v) is 12.5. The highest BCUT2D eigenvalue weighted by molar-refractivity contribution is 5.51. The minimum absolute atomic E-state index is 0.0630. The molecule has 0 bridgehead atoms. The lowest BCUT2D eigenvalue weighted by Gasteiger charge is -2.44. The molecule has 2 saturated heterocycles. The summed E-state index contributed by atoms with van der Waals surface area (Å²) >= 11 is 0. The Morgan fingerprint density at radius 3 is 2.48 bits per heavy atom. The maximum Gasteiger partial charge on any atom is 0.433 e. The number of nitrogens with zero attached hydrogens (tertiary/aromatic N) is 4. The van der Waals surface area contributed by atoms with Gasteiger partial charge in [-0.25, -0.2) is 9.37 Å². The second-order valence-electron chi connectivity index (χ2n) is 15.8. The molecule has 8 rings (SSSR count). The van der Waals surface area contributed by atoms with Gasteiger partial charge in [-0.2, -0.15) is 13.2 Å². The van der Waals surface area contributed by atoms with Crippen molar-refractivity contribution in [3.05, 3.63) is 82.1 Å². The molecule has 4 fully saturated rings. The fourth-order valence-electron chi connectivity index (χ4n) is 9.61. The van der Waals surface area contributed by atoms with Gasteiger partial charge in [0.15, 0.2) is 5.82 Å². The first kappa shape index (κ1) is 40.4. The van der Waals surface area contributed by atoms with Gasteiger partial charge < -0.3 is 29.3 Å². The lowest BCUT2D eigenvalue weighted by atomic mass is 9.61. The van der Waals surface area contributed by atoms with Gasteiger partial charge in [-0.05, 0) is 121 Å². The zero-order chi connectivity index (χ0) is 39.2. The summed E-state index contributed by atoms with van der Waals surface area (Å²) in [4.78, 5) is 17.3. The molecular weight excluding hydrogens is 732 g/mol. The van der Waals surface area contributed by atoms with Gasteiger partial charge in [-0.3, -0.25) is 4.90 Å². The van der Waals surface area contributed by atoms with Crippen LogP contribution in [0.3, 0.4) is 0 Å². The number of benzene rings is 2. The van der Waals surface area contributed by atoms with Crippen molar-refractivity contribution in [2.24, 2.45) is 22.9 Å². The van der Waals surface area contributed by atoms with Gasteiger partial charge in [0.1, 0.15) is 41.8 Å². The van der Waals surface area contributed by atoms with Crippen LogP contribution in [0.5, 0.6) is 11.5 Å². The molecule has 7 atom stereocenters. The Morgan fingerprint density at radius 2 is 1.70 bits per heavy atom. The number of halogens is 4. The molecule has 0 spiro atoms. The van der Waals surface area contributed by atoms with Gasteiger partial charge in [0.05, 0.1) is 18.4 Å². The Morgan fingerprint density at radius 1 is 0.893 bits per heavy atom. The summed E-state index contributed by atoms with van der Waals surface area (Å²) in [5, 5.41) is 22.2. The van der Waals surface area contributed by atoms with E-state index in [-0.39, 0.29) is 12.4 Å². The highest BCUT2D eigenvalue weighted by atomic mass is 19.4. The summed E-state index contributed by atoms with van der Waals surface area (Å²) < 4.78 is 68.1. The monoisotopic (exact) mass is 784 g/mol. The summed E-state index contributed by atoms with van der Waals surface area (Å²) in [6.45, 7) is 5.44. The van der Waals surface area contributed by atoms with Crippen LogP contribution in [-0.2, 0) is 17.3 Å². The van der Waals surface area contributed by atoms with E-state index in [1.54, 1.807) is 17.7 Å². The number of hydrogen-bond acceptors (Lipinski definition) is 10. The molecule has 2 saturated carbocycles. The summed E-state index contributed by atoms with van der Waals surface area (Å²) in [6.07, 6.45) is 4.20. The van der Waals surface area contributed by atoms with E-state index < -0.39 is 36.0 Å². The molecule has 3 aromatic rings. The standard InChI is InChI=1S/C36H49FN2O5.C6H3F3N2O/c37-32-22-27(44-23-35-36(41)34(40)13-20-43-35)8-12-33(32)39-17-15-38(16-18-39)14-2-19-42-26-7-11-29-25(21-26)6-10-30-28-4-1-3-24(28)5-9-31(29)30;7-6(8,9)4-2-1-3-5(10-4)11-12/h7-8,11-12,21-22,24,28,30-31,34-36,40-41H,1-6,9-10,13-20,23H2;1-3H. The zero-order valence-electron chi connectivity index (χ0n) is 31.6. The Bertz CT molecular complexity index is 1780.